The molecule has 2 aliphatic heterocycles. The molecule has 0 saturated carbocycles. The number of hydrogen-bond donors (Lipinski definition) is 1. The number of rotatable bonds is 6. The maximum atomic E-state index is 5.95. The molecule has 3 rings (SSSR count). The molecule has 0 radical (unpaired) electrons. The Bertz CT molecular complexity index is 522. The van der Waals surface area contributed by atoms with Crippen molar-refractivity contribution >= 4 is 0 Å². The van der Waals surface area contributed by atoms with Gasteiger partial charge in [-0.3, -0.25) is 0 Å². The third-order valence-electron chi connectivity index (χ3n) is 4.92. The van der Waals surface area contributed by atoms with Gasteiger partial charge in [-0.15, -0.1) is 0 Å². The van der Waals surface area contributed by atoms with E-state index in [1.807, 2.05) is 0 Å². The van der Waals surface area contributed by atoms with E-state index in [0.717, 1.165) is 31.9 Å². The van der Waals surface area contributed by atoms with E-state index in [0.29, 0.717) is 6.04 Å². The van der Waals surface area contributed by atoms with Crippen molar-refractivity contribution in [1.82, 2.24) is 10.2 Å². The van der Waals surface area contributed by atoms with Crippen LogP contribution in [0.1, 0.15) is 37.8 Å². The van der Waals surface area contributed by atoms with Gasteiger partial charge in [0.2, 0.25) is 0 Å². The van der Waals surface area contributed by atoms with Gasteiger partial charge in [-0.25, -0.2) is 0 Å². The quantitative estimate of drug-likeness (QED) is 0.874. The van der Waals surface area contributed by atoms with Crippen molar-refractivity contribution in [2.75, 3.05) is 33.4 Å². The highest BCUT2D eigenvalue weighted by Gasteiger charge is 2.29. The van der Waals surface area contributed by atoms with Crippen LogP contribution in [0.25, 0.3) is 0 Å². The van der Waals surface area contributed by atoms with E-state index in [1.165, 1.54) is 37.1 Å². The average Bonchev–Trinajstić information content (AvgIpc) is 2.85. The third-order valence-corrected chi connectivity index (χ3v) is 4.92. The zero-order valence-corrected chi connectivity index (χ0v) is 14.7. The molecule has 0 aromatic heterocycles. The molecule has 1 aromatic carbocycles. The lowest BCUT2D eigenvalue weighted by Crippen LogP contribution is -2.43. The Labute approximate surface area is 140 Å². The highest BCUT2D eigenvalue weighted by atomic mass is 16.5. The second kappa shape index (κ2) is 7.20. The normalized spacial score (nSPS) is 21.2. The number of ether oxygens (including phenoxy) is 2. The van der Waals surface area contributed by atoms with E-state index in [9.17, 15) is 0 Å². The second-order valence-electron chi connectivity index (χ2n) is 7.47. The minimum absolute atomic E-state index is 0.0522. The van der Waals surface area contributed by atoms with Gasteiger partial charge in [0.25, 0.3) is 0 Å². The number of fused-ring (bicyclic) bond motifs is 1. The summed E-state index contributed by atoms with van der Waals surface area (Å²) in [5, 5.41) is 3.73. The molecule has 0 amide bonds. The number of benzene rings is 1. The molecule has 1 fully saturated rings. The summed E-state index contributed by atoms with van der Waals surface area (Å²) in [5.74, 6) is 1.06. The summed E-state index contributed by atoms with van der Waals surface area (Å²) in [6.45, 7) is 9.51. The van der Waals surface area contributed by atoms with Crippen LogP contribution in [0.15, 0.2) is 18.2 Å². The van der Waals surface area contributed by atoms with Crippen molar-refractivity contribution < 1.29 is 9.47 Å². The topological polar surface area (TPSA) is 33.7 Å². The minimum Gasteiger partial charge on any atom is -0.487 e. The van der Waals surface area contributed by atoms with E-state index in [1.54, 1.807) is 7.11 Å². The lowest BCUT2D eigenvalue weighted by molar-refractivity contribution is 0.126. The lowest BCUT2D eigenvalue weighted by Gasteiger charge is -2.32. The summed E-state index contributed by atoms with van der Waals surface area (Å²) >= 11 is 0. The molecule has 2 aliphatic rings. The summed E-state index contributed by atoms with van der Waals surface area (Å²) in [5.41, 5.74) is 2.67. The van der Waals surface area contributed by atoms with Gasteiger partial charge in [0.15, 0.2) is 0 Å². The molecule has 0 bridgehead atoms. The van der Waals surface area contributed by atoms with Gasteiger partial charge in [0.05, 0.1) is 6.61 Å². The first-order valence-electron chi connectivity index (χ1n) is 8.81. The molecule has 2 heterocycles. The van der Waals surface area contributed by atoms with Crippen LogP contribution >= 0.6 is 0 Å². The molecule has 128 valence electrons. The second-order valence-corrected chi connectivity index (χ2v) is 7.47. The molecule has 1 N–H and O–H groups in total. The summed E-state index contributed by atoms with van der Waals surface area (Å²) in [6.07, 6.45) is 3.46. The zero-order chi connectivity index (χ0) is 16.3. The van der Waals surface area contributed by atoms with Crippen LogP contribution in [0, 0.1) is 0 Å². The number of piperidine rings is 1. The molecule has 0 atom stereocenters. The summed E-state index contributed by atoms with van der Waals surface area (Å²) < 4.78 is 11.1. The third kappa shape index (κ3) is 4.46. The van der Waals surface area contributed by atoms with Crippen molar-refractivity contribution in [2.24, 2.45) is 0 Å². The Morgan fingerprint density at radius 1 is 1.30 bits per heavy atom. The Morgan fingerprint density at radius 2 is 2.09 bits per heavy atom. The first-order valence-corrected chi connectivity index (χ1v) is 8.81. The average molecular weight is 318 g/mol. The monoisotopic (exact) mass is 318 g/mol. The highest BCUT2D eigenvalue weighted by Crippen LogP contribution is 2.35. The molecule has 1 aromatic rings. The summed E-state index contributed by atoms with van der Waals surface area (Å²) in [4.78, 5) is 2.50. The van der Waals surface area contributed by atoms with Crippen molar-refractivity contribution in [3.05, 3.63) is 29.3 Å². The summed E-state index contributed by atoms with van der Waals surface area (Å²) in [6, 6.07) is 7.27. The Balaban J connectivity index is 1.45. The number of nitrogens with zero attached hydrogens (tertiary/aromatic N) is 1. The van der Waals surface area contributed by atoms with Crippen LogP contribution < -0.4 is 10.1 Å². The molecule has 1 saturated heterocycles. The number of likely N-dealkylation sites (tertiary alicyclic amines) is 1. The van der Waals surface area contributed by atoms with E-state index in [2.05, 4.69) is 42.3 Å². The Hall–Kier alpha value is -1.10. The van der Waals surface area contributed by atoms with Crippen molar-refractivity contribution in [2.45, 2.75) is 51.3 Å². The lowest BCUT2D eigenvalue weighted by atomic mass is 10.00. The Morgan fingerprint density at radius 3 is 2.83 bits per heavy atom. The molecule has 0 unspecified atom stereocenters. The molecular weight excluding hydrogens is 288 g/mol. The number of methoxy groups -OCH3 is 1. The molecule has 4 nitrogen and oxygen atoms in total. The van der Waals surface area contributed by atoms with Crippen molar-refractivity contribution in [3.63, 3.8) is 0 Å². The smallest absolute Gasteiger partial charge is 0.123 e. The zero-order valence-electron chi connectivity index (χ0n) is 14.7. The van der Waals surface area contributed by atoms with Gasteiger partial charge in [0, 0.05) is 32.7 Å². The standard InChI is InChI=1S/C19H30N2O2/c1-19(2)13-16-12-15(4-5-18(16)23-19)14-20-17-6-8-21(9-7-17)10-11-22-3/h4-5,12,17,20H,6-11,13-14H2,1-3H3. The van der Waals surface area contributed by atoms with Gasteiger partial charge in [-0.05, 0) is 57.0 Å². The highest BCUT2D eigenvalue weighted by molar-refractivity contribution is 5.41. The van der Waals surface area contributed by atoms with Crippen LogP contribution in [-0.4, -0.2) is 49.9 Å². The predicted octanol–water partition coefficient (Wildman–Crippen LogP) is 2.60. The maximum absolute atomic E-state index is 5.95. The van der Waals surface area contributed by atoms with Crippen LogP contribution in [0.5, 0.6) is 5.75 Å². The molecular formula is C19H30N2O2. The largest absolute Gasteiger partial charge is 0.487 e. The SMILES string of the molecule is COCCN1CCC(NCc2ccc3c(c2)CC(C)(C)O3)CC1. The maximum Gasteiger partial charge on any atom is 0.123 e. The van der Waals surface area contributed by atoms with Gasteiger partial charge in [0.1, 0.15) is 11.4 Å². The van der Waals surface area contributed by atoms with Gasteiger partial charge in [-0.2, -0.15) is 0 Å². The van der Waals surface area contributed by atoms with E-state index in [4.69, 9.17) is 9.47 Å². The van der Waals surface area contributed by atoms with Crippen molar-refractivity contribution in [1.29, 1.82) is 0 Å². The fourth-order valence-electron chi connectivity index (χ4n) is 3.62. The first-order chi connectivity index (χ1) is 11.1. The van der Waals surface area contributed by atoms with E-state index >= 15 is 0 Å². The van der Waals surface area contributed by atoms with Crippen molar-refractivity contribution in [3.8, 4) is 5.75 Å². The Kier molecular flexibility index (Phi) is 5.24. The van der Waals surface area contributed by atoms with E-state index < -0.39 is 0 Å². The van der Waals surface area contributed by atoms with Crippen LogP contribution in [0.2, 0.25) is 0 Å². The van der Waals surface area contributed by atoms with Crippen LogP contribution in [-0.2, 0) is 17.7 Å². The molecule has 4 heteroatoms. The summed E-state index contributed by atoms with van der Waals surface area (Å²) in [7, 11) is 1.77. The fraction of sp³-hybridized carbons (Fsp3) is 0.684. The molecule has 0 spiro atoms. The molecule has 23 heavy (non-hydrogen) atoms. The fourth-order valence-corrected chi connectivity index (χ4v) is 3.62. The predicted molar refractivity (Wildman–Crippen MR) is 93.0 cm³/mol. The minimum atomic E-state index is -0.0522. The molecule has 0 aliphatic carbocycles. The number of nitrogens with one attached hydrogen (secondary N) is 1. The van der Waals surface area contributed by atoms with E-state index in [-0.39, 0.29) is 5.60 Å². The first kappa shape index (κ1) is 16.7. The van der Waals surface area contributed by atoms with Gasteiger partial charge < -0.3 is 19.7 Å². The van der Waals surface area contributed by atoms with Gasteiger partial charge in [-0.1, -0.05) is 12.1 Å². The van der Waals surface area contributed by atoms with Gasteiger partial charge >= 0.3 is 0 Å². The van der Waals surface area contributed by atoms with Crippen LogP contribution in [0.3, 0.4) is 0 Å². The number of hydrogen-bond acceptors (Lipinski definition) is 4. The van der Waals surface area contributed by atoms with Crippen LogP contribution in [0.4, 0.5) is 0 Å².